The van der Waals surface area contributed by atoms with Crippen LogP contribution in [-0.2, 0) is 5.41 Å². The van der Waals surface area contributed by atoms with Gasteiger partial charge in [-0.05, 0) is 91.7 Å². The maximum Gasteiger partial charge on any atom is 0.0719 e. The van der Waals surface area contributed by atoms with E-state index >= 15 is 0 Å². The molecule has 0 fully saturated rings. The van der Waals surface area contributed by atoms with E-state index in [2.05, 4.69) is 193 Å². The van der Waals surface area contributed by atoms with E-state index in [4.69, 9.17) is 0 Å². The average Bonchev–Trinajstić information content (AvgIpc) is 3.66. The molecule has 1 heterocycles. The fourth-order valence-electron chi connectivity index (χ4n) is 8.47. The van der Waals surface area contributed by atoms with Gasteiger partial charge in [-0.1, -0.05) is 152 Å². The minimum atomic E-state index is -0.423. The number of nitrogens with zero attached hydrogens (tertiary/aromatic N) is 1. The normalized spacial score (nSPS) is 13.2. The highest BCUT2D eigenvalue weighted by atomic mass is 15.0. The molecule has 0 aliphatic heterocycles. The third-order valence-electron chi connectivity index (χ3n) is 10.4. The van der Waals surface area contributed by atoms with Crippen molar-refractivity contribution in [3.8, 4) is 27.9 Å². The first-order valence-corrected chi connectivity index (χ1v) is 16.7. The smallest absolute Gasteiger partial charge is 0.0719 e. The third kappa shape index (κ3) is 3.73. The molecular formula is C47H31N. The molecule has 0 unspecified atom stereocenters. The van der Waals surface area contributed by atoms with Crippen LogP contribution >= 0.6 is 0 Å². The summed E-state index contributed by atoms with van der Waals surface area (Å²) in [5.74, 6) is 0. The zero-order valence-electron chi connectivity index (χ0n) is 26.3. The van der Waals surface area contributed by atoms with Crippen LogP contribution in [0.2, 0.25) is 0 Å². The summed E-state index contributed by atoms with van der Waals surface area (Å²) in [6.07, 6.45) is 0. The van der Waals surface area contributed by atoms with Crippen LogP contribution in [0.5, 0.6) is 0 Å². The number of hydrogen-bond donors (Lipinski definition) is 0. The second-order valence-corrected chi connectivity index (χ2v) is 12.9. The standard InChI is InChI=1S/C47H31N/c1-4-14-35(15-5-1)47(36-16-6-2-7-17-36)43-22-12-10-20-39(43)41-28-25-34-30-32(24-27-38(34)46(41)47)33-26-29-45-42(31-33)40-21-11-13-23-44(40)48(45)37-18-8-3-9-19-37/h1-31H. The predicted molar refractivity (Wildman–Crippen MR) is 201 cm³/mol. The Labute approximate surface area is 280 Å². The molecule has 0 amide bonds. The van der Waals surface area contributed by atoms with E-state index in [1.807, 2.05) is 0 Å². The van der Waals surface area contributed by atoms with Crippen LogP contribution in [0.15, 0.2) is 188 Å². The molecule has 48 heavy (non-hydrogen) atoms. The molecule has 0 atom stereocenters. The number of benzene rings is 8. The molecule has 0 radical (unpaired) electrons. The summed E-state index contributed by atoms with van der Waals surface area (Å²) in [6, 6.07) is 69.2. The van der Waals surface area contributed by atoms with Crippen molar-refractivity contribution in [2.45, 2.75) is 5.41 Å². The van der Waals surface area contributed by atoms with Gasteiger partial charge in [0.05, 0.1) is 16.4 Å². The second kappa shape index (κ2) is 10.4. The molecule has 0 bridgehead atoms. The maximum atomic E-state index is 2.39. The zero-order valence-corrected chi connectivity index (χ0v) is 26.3. The molecule has 1 aromatic heterocycles. The molecule has 0 N–H and O–H groups in total. The Balaban J connectivity index is 1.21. The summed E-state index contributed by atoms with van der Waals surface area (Å²) in [7, 11) is 0. The highest BCUT2D eigenvalue weighted by molar-refractivity contribution is 6.11. The summed E-state index contributed by atoms with van der Waals surface area (Å²) in [4.78, 5) is 0. The van der Waals surface area contributed by atoms with Crippen molar-refractivity contribution in [2.24, 2.45) is 0 Å². The second-order valence-electron chi connectivity index (χ2n) is 12.9. The quantitative estimate of drug-likeness (QED) is 0.187. The van der Waals surface area contributed by atoms with Gasteiger partial charge < -0.3 is 4.57 Å². The maximum absolute atomic E-state index is 2.39. The summed E-state index contributed by atoms with van der Waals surface area (Å²) in [5, 5.41) is 5.08. The van der Waals surface area contributed by atoms with Crippen molar-refractivity contribution in [1.82, 2.24) is 4.57 Å². The summed E-state index contributed by atoms with van der Waals surface area (Å²) < 4.78 is 2.38. The van der Waals surface area contributed by atoms with Crippen LogP contribution in [0.25, 0.3) is 60.5 Å². The topological polar surface area (TPSA) is 4.93 Å². The highest BCUT2D eigenvalue weighted by Crippen LogP contribution is 2.58. The van der Waals surface area contributed by atoms with E-state index in [-0.39, 0.29) is 0 Å². The van der Waals surface area contributed by atoms with Gasteiger partial charge in [0.15, 0.2) is 0 Å². The van der Waals surface area contributed by atoms with Gasteiger partial charge in [0.2, 0.25) is 0 Å². The Kier molecular flexibility index (Phi) is 5.86. The third-order valence-corrected chi connectivity index (χ3v) is 10.4. The fourth-order valence-corrected chi connectivity index (χ4v) is 8.47. The van der Waals surface area contributed by atoms with Crippen molar-refractivity contribution < 1.29 is 0 Å². The molecule has 1 aliphatic rings. The van der Waals surface area contributed by atoms with Gasteiger partial charge in [0.1, 0.15) is 0 Å². The lowest BCUT2D eigenvalue weighted by Crippen LogP contribution is -2.28. The molecule has 0 spiro atoms. The van der Waals surface area contributed by atoms with Gasteiger partial charge in [0, 0.05) is 16.5 Å². The number of rotatable bonds is 4. The lowest BCUT2D eigenvalue weighted by atomic mass is 9.66. The first-order chi connectivity index (χ1) is 23.8. The monoisotopic (exact) mass is 609 g/mol. The van der Waals surface area contributed by atoms with Crippen LogP contribution in [-0.4, -0.2) is 4.57 Å². The van der Waals surface area contributed by atoms with E-state index in [1.54, 1.807) is 0 Å². The van der Waals surface area contributed by atoms with E-state index < -0.39 is 5.41 Å². The molecule has 1 heteroatoms. The minimum Gasteiger partial charge on any atom is -0.309 e. The molecular weight excluding hydrogens is 579 g/mol. The van der Waals surface area contributed by atoms with Gasteiger partial charge >= 0.3 is 0 Å². The Hall–Kier alpha value is -6.18. The van der Waals surface area contributed by atoms with Crippen LogP contribution in [0, 0.1) is 0 Å². The van der Waals surface area contributed by atoms with Crippen LogP contribution in [0.4, 0.5) is 0 Å². The number of aromatic nitrogens is 1. The Bertz CT molecular complexity index is 2610. The molecule has 8 aromatic carbocycles. The van der Waals surface area contributed by atoms with Crippen molar-refractivity contribution >= 4 is 32.6 Å². The van der Waals surface area contributed by atoms with Gasteiger partial charge in [-0.25, -0.2) is 0 Å². The summed E-state index contributed by atoms with van der Waals surface area (Å²) >= 11 is 0. The molecule has 0 saturated heterocycles. The van der Waals surface area contributed by atoms with Crippen molar-refractivity contribution in [3.63, 3.8) is 0 Å². The highest BCUT2D eigenvalue weighted by Gasteiger charge is 2.46. The molecule has 1 nitrogen and oxygen atoms in total. The minimum absolute atomic E-state index is 0.423. The lowest BCUT2D eigenvalue weighted by Gasteiger charge is -2.34. The Morgan fingerprint density at radius 1 is 0.375 bits per heavy atom. The van der Waals surface area contributed by atoms with Crippen molar-refractivity contribution in [3.05, 3.63) is 210 Å². The van der Waals surface area contributed by atoms with Gasteiger partial charge in [-0.2, -0.15) is 0 Å². The summed E-state index contributed by atoms with van der Waals surface area (Å²) in [6.45, 7) is 0. The lowest BCUT2D eigenvalue weighted by molar-refractivity contribution is 0.775. The first-order valence-electron chi connectivity index (χ1n) is 16.7. The fraction of sp³-hybridized carbons (Fsp3) is 0.0213. The number of para-hydroxylation sites is 2. The Morgan fingerprint density at radius 2 is 0.979 bits per heavy atom. The van der Waals surface area contributed by atoms with E-state index in [0.717, 1.165) is 0 Å². The van der Waals surface area contributed by atoms with Gasteiger partial charge in [-0.3, -0.25) is 0 Å². The largest absolute Gasteiger partial charge is 0.309 e. The van der Waals surface area contributed by atoms with Crippen molar-refractivity contribution in [1.29, 1.82) is 0 Å². The summed E-state index contributed by atoms with van der Waals surface area (Å²) in [5.41, 5.74) is 13.6. The molecule has 1 aliphatic carbocycles. The van der Waals surface area contributed by atoms with Crippen LogP contribution < -0.4 is 0 Å². The van der Waals surface area contributed by atoms with E-state index in [1.165, 1.54) is 82.8 Å². The Morgan fingerprint density at radius 3 is 1.75 bits per heavy atom. The first kappa shape index (κ1) is 27.0. The molecule has 224 valence electrons. The van der Waals surface area contributed by atoms with Crippen LogP contribution in [0.3, 0.4) is 0 Å². The predicted octanol–water partition coefficient (Wildman–Crippen LogP) is 12.0. The van der Waals surface area contributed by atoms with E-state index in [9.17, 15) is 0 Å². The van der Waals surface area contributed by atoms with E-state index in [0.29, 0.717) is 0 Å². The number of fused-ring (bicyclic) bond motifs is 8. The van der Waals surface area contributed by atoms with Crippen LogP contribution in [0.1, 0.15) is 22.3 Å². The zero-order chi connectivity index (χ0) is 31.7. The molecule has 9 aromatic rings. The molecule has 0 saturated carbocycles. The molecule has 10 rings (SSSR count). The SMILES string of the molecule is c1ccc(-n2c3ccccc3c3cc(-c4ccc5c6c(ccc5c4)-c4ccccc4C6(c4ccccc4)c4ccccc4)ccc32)cc1. The average molecular weight is 610 g/mol. The van der Waals surface area contributed by atoms with Gasteiger partial charge in [0.25, 0.3) is 0 Å². The number of hydrogen-bond acceptors (Lipinski definition) is 0. The van der Waals surface area contributed by atoms with Gasteiger partial charge in [-0.15, -0.1) is 0 Å². The van der Waals surface area contributed by atoms with Crippen molar-refractivity contribution in [2.75, 3.05) is 0 Å².